The molecule has 0 radical (unpaired) electrons. The van der Waals surface area contributed by atoms with Gasteiger partial charge in [-0.05, 0) is 6.07 Å². The first kappa shape index (κ1) is 10.7. The molecule has 1 rings (SSSR count). The van der Waals surface area contributed by atoms with E-state index in [9.17, 15) is 4.39 Å². The van der Waals surface area contributed by atoms with Gasteiger partial charge in [0.25, 0.3) is 0 Å². The van der Waals surface area contributed by atoms with Crippen LogP contribution in [-0.4, -0.2) is 13.1 Å². The lowest BCUT2D eigenvalue weighted by molar-refractivity contribution is 0.581. The van der Waals surface area contributed by atoms with E-state index in [0.29, 0.717) is 5.69 Å². The second-order valence-corrected chi connectivity index (χ2v) is 8.82. The Kier molecular flexibility index (Phi) is 2.92. The first-order valence-corrected chi connectivity index (χ1v) is 7.83. The SMILES string of the molecule is C[Si](C)(C)C#Cc1c(N)ccnc1F. The highest BCUT2D eigenvalue weighted by atomic mass is 28.3. The molecule has 0 saturated heterocycles. The maximum absolute atomic E-state index is 13.1. The van der Waals surface area contributed by atoms with Crippen LogP contribution in [0.15, 0.2) is 12.3 Å². The van der Waals surface area contributed by atoms with E-state index < -0.39 is 14.0 Å². The highest BCUT2D eigenvalue weighted by Gasteiger charge is 2.09. The molecule has 0 amide bonds. The van der Waals surface area contributed by atoms with E-state index in [2.05, 4.69) is 36.1 Å². The Labute approximate surface area is 84.4 Å². The Morgan fingerprint density at radius 1 is 1.43 bits per heavy atom. The van der Waals surface area contributed by atoms with Gasteiger partial charge in [0.1, 0.15) is 13.6 Å². The summed E-state index contributed by atoms with van der Waals surface area (Å²) < 4.78 is 13.1. The number of hydrogen-bond acceptors (Lipinski definition) is 2. The van der Waals surface area contributed by atoms with Crippen LogP contribution >= 0.6 is 0 Å². The van der Waals surface area contributed by atoms with Crippen molar-refractivity contribution in [1.29, 1.82) is 0 Å². The van der Waals surface area contributed by atoms with E-state index in [1.807, 2.05) is 0 Å². The van der Waals surface area contributed by atoms with Gasteiger partial charge in [-0.2, -0.15) is 4.39 Å². The fraction of sp³-hybridized carbons (Fsp3) is 0.300. The summed E-state index contributed by atoms with van der Waals surface area (Å²) in [5.74, 6) is 2.18. The number of aromatic nitrogens is 1. The maximum Gasteiger partial charge on any atom is 0.230 e. The Morgan fingerprint density at radius 3 is 2.57 bits per heavy atom. The summed E-state index contributed by atoms with van der Waals surface area (Å²) in [5.41, 5.74) is 9.20. The van der Waals surface area contributed by atoms with Crippen LogP contribution in [0, 0.1) is 17.4 Å². The van der Waals surface area contributed by atoms with Crippen molar-refractivity contribution in [2.45, 2.75) is 19.6 Å². The van der Waals surface area contributed by atoms with Gasteiger partial charge >= 0.3 is 0 Å². The summed E-state index contributed by atoms with van der Waals surface area (Å²) in [6.45, 7) is 6.26. The Hall–Kier alpha value is -1.34. The van der Waals surface area contributed by atoms with Crippen LogP contribution in [-0.2, 0) is 0 Å². The molecule has 2 N–H and O–H groups in total. The third-order valence-corrected chi connectivity index (χ3v) is 2.37. The number of hydrogen-bond donors (Lipinski definition) is 1. The lowest BCUT2D eigenvalue weighted by Crippen LogP contribution is -2.16. The number of anilines is 1. The predicted molar refractivity (Wildman–Crippen MR) is 58.8 cm³/mol. The van der Waals surface area contributed by atoms with Crippen LogP contribution in [0.5, 0.6) is 0 Å². The summed E-state index contributed by atoms with van der Waals surface area (Å²) >= 11 is 0. The van der Waals surface area contributed by atoms with Crippen molar-refractivity contribution in [3.05, 3.63) is 23.8 Å². The van der Waals surface area contributed by atoms with Gasteiger partial charge in [0.05, 0.1) is 5.69 Å². The summed E-state index contributed by atoms with van der Waals surface area (Å²) in [6, 6.07) is 1.55. The smallest absolute Gasteiger partial charge is 0.230 e. The van der Waals surface area contributed by atoms with Crippen molar-refractivity contribution in [1.82, 2.24) is 4.98 Å². The highest BCUT2D eigenvalue weighted by molar-refractivity contribution is 6.83. The molecule has 1 aromatic rings. The Morgan fingerprint density at radius 2 is 2.07 bits per heavy atom. The zero-order valence-corrected chi connectivity index (χ0v) is 9.56. The van der Waals surface area contributed by atoms with E-state index >= 15 is 0 Å². The van der Waals surface area contributed by atoms with E-state index in [4.69, 9.17) is 5.73 Å². The highest BCUT2D eigenvalue weighted by Crippen LogP contribution is 2.11. The fourth-order valence-electron chi connectivity index (χ4n) is 0.824. The largest absolute Gasteiger partial charge is 0.398 e. The van der Waals surface area contributed by atoms with Crippen LogP contribution in [0.4, 0.5) is 10.1 Å². The van der Waals surface area contributed by atoms with Gasteiger partial charge in [0.15, 0.2) is 0 Å². The van der Waals surface area contributed by atoms with Crippen molar-refractivity contribution in [2.75, 3.05) is 5.73 Å². The first-order chi connectivity index (χ1) is 6.40. The van der Waals surface area contributed by atoms with Crippen molar-refractivity contribution in [3.63, 3.8) is 0 Å². The molecule has 0 saturated carbocycles. The van der Waals surface area contributed by atoms with Crippen LogP contribution in [0.1, 0.15) is 5.56 Å². The van der Waals surface area contributed by atoms with Gasteiger partial charge in [0.2, 0.25) is 5.95 Å². The van der Waals surface area contributed by atoms with E-state index in [-0.39, 0.29) is 5.56 Å². The van der Waals surface area contributed by atoms with Gasteiger partial charge in [0, 0.05) is 6.20 Å². The summed E-state index contributed by atoms with van der Waals surface area (Å²) in [6.07, 6.45) is 1.34. The lowest BCUT2D eigenvalue weighted by atomic mass is 10.2. The zero-order chi connectivity index (χ0) is 10.8. The maximum atomic E-state index is 13.1. The number of rotatable bonds is 0. The predicted octanol–water partition coefficient (Wildman–Crippen LogP) is 2.03. The van der Waals surface area contributed by atoms with Gasteiger partial charge < -0.3 is 5.73 Å². The van der Waals surface area contributed by atoms with Crippen molar-refractivity contribution < 1.29 is 4.39 Å². The fourth-order valence-corrected chi connectivity index (χ4v) is 1.32. The van der Waals surface area contributed by atoms with Crippen LogP contribution in [0.3, 0.4) is 0 Å². The van der Waals surface area contributed by atoms with Crippen LogP contribution in [0.2, 0.25) is 19.6 Å². The summed E-state index contributed by atoms with van der Waals surface area (Å²) in [5, 5.41) is 0. The molecule has 1 aromatic heterocycles. The molecule has 0 aliphatic heterocycles. The van der Waals surface area contributed by atoms with Crippen molar-refractivity contribution in [2.24, 2.45) is 0 Å². The zero-order valence-electron chi connectivity index (χ0n) is 8.56. The monoisotopic (exact) mass is 208 g/mol. The summed E-state index contributed by atoms with van der Waals surface area (Å²) in [7, 11) is -1.50. The third-order valence-electron chi connectivity index (χ3n) is 1.50. The van der Waals surface area contributed by atoms with Crippen LogP contribution in [0.25, 0.3) is 0 Å². The molecule has 2 nitrogen and oxygen atoms in total. The van der Waals surface area contributed by atoms with Crippen molar-refractivity contribution in [3.8, 4) is 11.5 Å². The standard InChI is InChI=1S/C10H13FN2Si/c1-14(2,3)7-5-8-9(12)4-6-13-10(8)11/h4,6H,1-3H3,(H2,12,13). The van der Waals surface area contributed by atoms with E-state index in [0.717, 1.165) is 0 Å². The quantitative estimate of drug-likeness (QED) is 0.402. The van der Waals surface area contributed by atoms with Gasteiger partial charge in [-0.15, -0.1) is 5.54 Å². The minimum atomic E-state index is -1.50. The Bertz CT molecular complexity index is 379. The number of nitrogens with two attached hydrogens (primary N) is 1. The normalized spacial score (nSPS) is 10.6. The number of pyridine rings is 1. The van der Waals surface area contributed by atoms with E-state index in [1.54, 1.807) is 6.07 Å². The van der Waals surface area contributed by atoms with Crippen molar-refractivity contribution >= 4 is 13.8 Å². The molecule has 0 aliphatic rings. The molecule has 74 valence electrons. The molecule has 0 unspecified atom stereocenters. The molecule has 0 aromatic carbocycles. The molecule has 0 aliphatic carbocycles. The average molecular weight is 208 g/mol. The van der Waals surface area contributed by atoms with Gasteiger partial charge in [-0.25, -0.2) is 4.98 Å². The number of nitrogen functional groups attached to an aromatic ring is 1. The summed E-state index contributed by atoms with van der Waals surface area (Å²) in [4.78, 5) is 3.51. The van der Waals surface area contributed by atoms with Gasteiger partial charge in [-0.3, -0.25) is 0 Å². The van der Waals surface area contributed by atoms with Gasteiger partial charge in [-0.1, -0.05) is 25.6 Å². The molecule has 0 atom stereocenters. The molecular formula is C10H13FN2Si. The molecule has 14 heavy (non-hydrogen) atoms. The first-order valence-electron chi connectivity index (χ1n) is 4.33. The van der Waals surface area contributed by atoms with Crippen LogP contribution < -0.4 is 5.73 Å². The molecule has 1 heterocycles. The lowest BCUT2D eigenvalue weighted by Gasteiger charge is -2.04. The molecular weight excluding hydrogens is 195 g/mol. The third kappa shape index (κ3) is 2.86. The molecule has 4 heteroatoms. The molecule has 0 spiro atoms. The molecule has 0 bridgehead atoms. The number of nitrogens with zero attached hydrogens (tertiary/aromatic N) is 1. The second kappa shape index (κ2) is 3.80. The second-order valence-electron chi connectivity index (χ2n) is 4.07. The topological polar surface area (TPSA) is 38.9 Å². The van der Waals surface area contributed by atoms with E-state index in [1.165, 1.54) is 6.20 Å². The minimum absolute atomic E-state index is 0.218. The Balaban J connectivity index is 3.13. The minimum Gasteiger partial charge on any atom is -0.398 e. The number of halogens is 1. The molecule has 0 fully saturated rings. The average Bonchev–Trinajstić information content (AvgIpc) is 2.01.